The summed E-state index contributed by atoms with van der Waals surface area (Å²) in [6, 6.07) is -0.249. The fourth-order valence-electron chi connectivity index (χ4n) is 2.71. The number of piperidine rings is 1. The van der Waals surface area contributed by atoms with Crippen LogP contribution in [0.3, 0.4) is 0 Å². The van der Waals surface area contributed by atoms with Gasteiger partial charge in [-0.1, -0.05) is 6.42 Å². The van der Waals surface area contributed by atoms with Gasteiger partial charge in [0, 0.05) is 24.5 Å². The summed E-state index contributed by atoms with van der Waals surface area (Å²) in [7, 11) is -3.26. The van der Waals surface area contributed by atoms with Crippen molar-refractivity contribution in [1.29, 1.82) is 0 Å². The van der Waals surface area contributed by atoms with Crippen LogP contribution in [0, 0.1) is 0 Å². The van der Waals surface area contributed by atoms with Crippen molar-refractivity contribution in [2.24, 2.45) is 0 Å². The van der Waals surface area contributed by atoms with Crippen LogP contribution < -0.4 is 0 Å². The second kappa shape index (κ2) is 6.05. The molecule has 7 nitrogen and oxygen atoms in total. The summed E-state index contributed by atoms with van der Waals surface area (Å²) in [4.78, 5) is 16.7. The van der Waals surface area contributed by atoms with E-state index in [-0.39, 0.29) is 6.04 Å². The molecule has 22 heavy (non-hydrogen) atoms. The molecule has 1 unspecified atom stereocenters. The number of aromatic nitrogens is 4. The van der Waals surface area contributed by atoms with E-state index in [0.717, 1.165) is 24.8 Å². The maximum atomic E-state index is 12.0. The molecule has 0 amide bonds. The molecule has 8 heteroatoms. The first-order chi connectivity index (χ1) is 10.6. The van der Waals surface area contributed by atoms with Crippen molar-refractivity contribution in [1.82, 2.24) is 24.2 Å². The second-order valence-electron chi connectivity index (χ2n) is 5.34. The van der Waals surface area contributed by atoms with Crippen LogP contribution in [-0.2, 0) is 10.0 Å². The average Bonchev–Trinajstić information content (AvgIpc) is 2.55. The van der Waals surface area contributed by atoms with Gasteiger partial charge in [-0.2, -0.15) is 4.31 Å². The number of hydrogen-bond donors (Lipinski definition) is 0. The van der Waals surface area contributed by atoms with Gasteiger partial charge in [-0.3, -0.25) is 4.98 Å². The van der Waals surface area contributed by atoms with Crippen LogP contribution in [0.1, 0.15) is 31.0 Å². The molecule has 1 aliphatic rings. The first-order valence-corrected chi connectivity index (χ1v) is 8.94. The highest BCUT2D eigenvalue weighted by Crippen LogP contribution is 2.32. The van der Waals surface area contributed by atoms with Crippen molar-refractivity contribution in [2.45, 2.75) is 25.3 Å². The number of rotatable bonds is 3. The third kappa shape index (κ3) is 3.12. The highest BCUT2D eigenvalue weighted by molar-refractivity contribution is 7.88. The molecule has 2 aromatic rings. The minimum absolute atomic E-state index is 0.249. The highest BCUT2D eigenvalue weighted by Gasteiger charge is 2.31. The third-order valence-electron chi connectivity index (χ3n) is 3.73. The van der Waals surface area contributed by atoms with Crippen LogP contribution in [0.4, 0.5) is 0 Å². The lowest BCUT2D eigenvalue weighted by Crippen LogP contribution is -2.38. The van der Waals surface area contributed by atoms with Crippen LogP contribution in [0.15, 0.2) is 31.1 Å². The van der Waals surface area contributed by atoms with Gasteiger partial charge in [-0.15, -0.1) is 0 Å². The third-order valence-corrected chi connectivity index (χ3v) is 5.02. The van der Waals surface area contributed by atoms with Crippen LogP contribution in [0.5, 0.6) is 0 Å². The Hall–Kier alpha value is -1.93. The maximum Gasteiger partial charge on any atom is 0.211 e. The summed E-state index contributed by atoms with van der Waals surface area (Å²) in [5.74, 6) is 0. The van der Waals surface area contributed by atoms with Crippen LogP contribution in [0.2, 0.25) is 0 Å². The van der Waals surface area contributed by atoms with Crippen molar-refractivity contribution in [3.05, 3.63) is 36.8 Å². The van der Waals surface area contributed by atoms with E-state index in [9.17, 15) is 8.42 Å². The molecule has 0 bridgehead atoms. The van der Waals surface area contributed by atoms with Crippen molar-refractivity contribution in [2.75, 3.05) is 12.8 Å². The van der Waals surface area contributed by atoms with Crippen molar-refractivity contribution in [3.63, 3.8) is 0 Å². The summed E-state index contributed by atoms with van der Waals surface area (Å²) in [5.41, 5.74) is 2.09. The molecule has 0 radical (unpaired) electrons. The van der Waals surface area contributed by atoms with Gasteiger partial charge < -0.3 is 0 Å². The predicted octanol–water partition coefficient (Wildman–Crippen LogP) is 1.42. The van der Waals surface area contributed by atoms with Gasteiger partial charge in [0.2, 0.25) is 10.0 Å². The van der Waals surface area contributed by atoms with Crippen molar-refractivity contribution >= 4 is 10.0 Å². The Morgan fingerprint density at radius 1 is 1.09 bits per heavy atom. The largest absolute Gasteiger partial charge is 0.260 e. The zero-order chi connectivity index (χ0) is 15.6. The van der Waals surface area contributed by atoms with E-state index >= 15 is 0 Å². The van der Waals surface area contributed by atoms with Gasteiger partial charge in [0.1, 0.15) is 6.33 Å². The molecule has 0 spiro atoms. The normalized spacial score (nSPS) is 20.0. The van der Waals surface area contributed by atoms with E-state index in [4.69, 9.17) is 0 Å². The highest BCUT2D eigenvalue weighted by atomic mass is 32.2. The fraction of sp³-hybridized carbons (Fsp3) is 0.429. The zero-order valence-corrected chi connectivity index (χ0v) is 13.1. The summed E-state index contributed by atoms with van der Waals surface area (Å²) < 4.78 is 25.5. The lowest BCUT2D eigenvalue weighted by atomic mass is 10.0. The average molecular weight is 319 g/mol. The number of nitrogens with zero attached hydrogens (tertiary/aromatic N) is 5. The molecule has 0 saturated carbocycles. The van der Waals surface area contributed by atoms with Crippen molar-refractivity contribution < 1.29 is 8.42 Å². The van der Waals surface area contributed by atoms with Gasteiger partial charge >= 0.3 is 0 Å². The minimum atomic E-state index is -3.26. The summed E-state index contributed by atoms with van der Waals surface area (Å²) in [5, 5.41) is 0. The zero-order valence-electron chi connectivity index (χ0n) is 12.3. The van der Waals surface area contributed by atoms with E-state index < -0.39 is 10.0 Å². The Kier molecular flexibility index (Phi) is 4.12. The van der Waals surface area contributed by atoms with Gasteiger partial charge in [0.25, 0.3) is 0 Å². The smallest absolute Gasteiger partial charge is 0.211 e. The van der Waals surface area contributed by atoms with E-state index in [2.05, 4.69) is 19.9 Å². The molecule has 116 valence electrons. The molecule has 3 rings (SSSR count). The first-order valence-electron chi connectivity index (χ1n) is 7.10. The van der Waals surface area contributed by atoms with Gasteiger partial charge in [0.05, 0.1) is 36.1 Å². The van der Waals surface area contributed by atoms with E-state index in [0.29, 0.717) is 17.9 Å². The van der Waals surface area contributed by atoms with Crippen LogP contribution >= 0.6 is 0 Å². The molecule has 0 N–H and O–H groups in total. The molecule has 0 aliphatic carbocycles. The van der Waals surface area contributed by atoms with Crippen LogP contribution in [-0.4, -0.2) is 45.5 Å². The van der Waals surface area contributed by atoms with Crippen LogP contribution in [0.25, 0.3) is 11.3 Å². The van der Waals surface area contributed by atoms with Crippen molar-refractivity contribution in [3.8, 4) is 11.3 Å². The molecule has 3 heterocycles. The minimum Gasteiger partial charge on any atom is -0.260 e. The Morgan fingerprint density at radius 2 is 1.86 bits per heavy atom. The molecule has 1 fully saturated rings. The Labute approximate surface area is 129 Å². The lowest BCUT2D eigenvalue weighted by molar-refractivity contribution is 0.253. The molecule has 1 atom stereocenters. The van der Waals surface area contributed by atoms with E-state index in [1.165, 1.54) is 16.9 Å². The second-order valence-corrected chi connectivity index (χ2v) is 7.28. The number of sulfonamides is 1. The predicted molar refractivity (Wildman–Crippen MR) is 81.2 cm³/mol. The standard InChI is InChI=1S/C14H17N5O2S/c1-22(20,21)19-5-3-2-4-14(19)13-9-15-8-12(18-13)11-6-16-10-17-7-11/h6-10,14H,2-5H2,1H3. The molecular formula is C14H17N5O2S. The quantitative estimate of drug-likeness (QED) is 0.850. The van der Waals surface area contributed by atoms with Gasteiger partial charge in [-0.25, -0.2) is 23.4 Å². The SMILES string of the molecule is CS(=O)(=O)N1CCCCC1c1cncc(-c2cncnc2)n1. The Balaban J connectivity index is 1.97. The van der Waals surface area contributed by atoms with Gasteiger partial charge in [-0.05, 0) is 12.8 Å². The maximum absolute atomic E-state index is 12.0. The monoisotopic (exact) mass is 319 g/mol. The summed E-state index contributed by atoms with van der Waals surface area (Å²) >= 11 is 0. The first kappa shape index (κ1) is 15.0. The molecule has 0 aromatic carbocycles. The Morgan fingerprint density at radius 3 is 2.59 bits per heavy atom. The number of hydrogen-bond acceptors (Lipinski definition) is 6. The molecule has 1 aliphatic heterocycles. The molecule has 2 aromatic heterocycles. The molecular weight excluding hydrogens is 302 g/mol. The summed E-state index contributed by atoms with van der Waals surface area (Å²) in [6.45, 7) is 0.532. The summed E-state index contributed by atoms with van der Waals surface area (Å²) in [6.07, 6.45) is 11.9. The van der Waals surface area contributed by atoms with Gasteiger partial charge in [0.15, 0.2) is 0 Å². The Bertz CT molecular complexity index is 751. The topological polar surface area (TPSA) is 88.9 Å². The molecule has 1 saturated heterocycles. The van der Waals surface area contributed by atoms with E-state index in [1.54, 1.807) is 24.8 Å². The fourth-order valence-corrected chi connectivity index (χ4v) is 3.85. The lowest BCUT2D eigenvalue weighted by Gasteiger charge is -2.33. The van der Waals surface area contributed by atoms with E-state index in [1.807, 2.05) is 0 Å².